The van der Waals surface area contributed by atoms with E-state index < -0.39 is 0 Å². The number of benzene rings is 1. The molecule has 0 saturated heterocycles. The summed E-state index contributed by atoms with van der Waals surface area (Å²) in [5, 5.41) is 0. The third-order valence-electron chi connectivity index (χ3n) is 4.19. The molecular formula is C16H25NO. The number of ether oxygens (including phenoxy) is 1. The van der Waals surface area contributed by atoms with E-state index in [1.165, 1.54) is 42.4 Å². The largest absolute Gasteiger partial charge is 0.496 e. The second kappa shape index (κ2) is 5.75. The summed E-state index contributed by atoms with van der Waals surface area (Å²) in [6.07, 6.45) is 6.19. The first kappa shape index (κ1) is 13.4. The highest BCUT2D eigenvalue weighted by Gasteiger charge is 2.21. The van der Waals surface area contributed by atoms with Gasteiger partial charge in [-0.15, -0.1) is 0 Å². The van der Waals surface area contributed by atoms with Gasteiger partial charge in [0, 0.05) is 6.04 Å². The first-order chi connectivity index (χ1) is 8.61. The second-order valence-corrected chi connectivity index (χ2v) is 5.66. The standard InChI is InChI=1S/C16H25NO/c1-11-9-16(18-3)12(2)8-15(11)13-6-4-5-7-14(17)10-13/h8-9,13-14H,4-7,10,17H2,1-3H3. The van der Waals surface area contributed by atoms with Crippen LogP contribution in [0, 0.1) is 13.8 Å². The van der Waals surface area contributed by atoms with E-state index in [4.69, 9.17) is 10.5 Å². The van der Waals surface area contributed by atoms with Gasteiger partial charge in [-0.3, -0.25) is 0 Å². The van der Waals surface area contributed by atoms with Gasteiger partial charge in [0.25, 0.3) is 0 Å². The molecule has 2 N–H and O–H groups in total. The maximum atomic E-state index is 6.18. The molecule has 0 aliphatic heterocycles. The molecule has 2 atom stereocenters. The molecule has 0 amide bonds. The minimum Gasteiger partial charge on any atom is -0.496 e. The van der Waals surface area contributed by atoms with Crippen molar-refractivity contribution in [3.63, 3.8) is 0 Å². The molecule has 2 heteroatoms. The van der Waals surface area contributed by atoms with Crippen LogP contribution in [-0.4, -0.2) is 13.2 Å². The monoisotopic (exact) mass is 247 g/mol. The lowest BCUT2D eigenvalue weighted by molar-refractivity contribution is 0.410. The molecule has 1 fully saturated rings. The van der Waals surface area contributed by atoms with Crippen molar-refractivity contribution >= 4 is 0 Å². The van der Waals surface area contributed by atoms with Gasteiger partial charge in [0.15, 0.2) is 0 Å². The van der Waals surface area contributed by atoms with Gasteiger partial charge in [-0.1, -0.05) is 18.9 Å². The lowest BCUT2D eigenvalue weighted by Gasteiger charge is -2.21. The Morgan fingerprint density at radius 3 is 2.56 bits per heavy atom. The highest BCUT2D eigenvalue weighted by molar-refractivity contribution is 5.43. The quantitative estimate of drug-likeness (QED) is 0.809. The predicted molar refractivity (Wildman–Crippen MR) is 76.3 cm³/mol. The first-order valence-electron chi connectivity index (χ1n) is 7.02. The molecule has 1 aromatic rings. The maximum Gasteiger partial charge on any atom is 0.122 e. The summed E-state index contributed by atoms with van der Waals surface area (Å²) in [6.45, 7) is 4.31. The molecule has 1 saturated carbocycles. The Labute approximate surface area is 111 Å². The summed E-state index contributed by atoms with van der Waals surface area (Å²) in [4.78, 5) is 0. The molecule has 0 bridgehead atoms. The summed E-state index contributed by atoms with van der Waals surface area (Å²) < 4.78 is 5.39. The van der Waals surface area contributed by atoms with E-state index in [0.29, 0.717) is 12.0 Å². The van der Waals surface area contributed by atoms with Crippen LogP contribution in [0.4, 0.5) is 0 Å². The lowest BCUT2D eigenvalue weighted by Crippen LogP contribution is -2.21. The molecule has 2 unspecified atom stereocenters. The maximum absolute atomic E-state index is 6.18. The predicted octanol–water partition coefficient (Wildman–Crippen LogP) is 3.69. The number of nitrogens with two attached hydrogens (primary N) is 1. The van der Waals surface area contributed by atoms with Crippen molar-refractivity contribution < 1.29 is 4.74 Å². The molecule has 1 aliphatic carbocycles. The average molecular weight is 247 g/mol. The average Bonchev–Trinajstić information content (AvgIpc) is 2.56. The van der Waals surface area contributed by atoms with Gasteiger partial charge < -0.3 is 10.5 Å². The van der Waals surface area contributed by atoms with Gasteiger partial charge in [-0.2, -0.15) is 0 Å². The van der Waals surface area contributed by atoms with E-state index in [1.54, 1.807) is 7.11 Å². The summed E-state index contributed by atoms with van der Waals surface area (Å²) in [5.74, 6) is 1.63. The summed E-state index contributed by atoms with van der Waals surface area (Å²) in [7, 11) is 1.74. The SMILES string of the molecule is COc1cc(C)c(C2CCCCC(N)C2)cc1C. The van der Waals surface area contributed by atoms with Crippen molar-refractivity contribution in [1.29, 1.82) is 0 Å². The zero-order valence-corrected chi connectivity index (χ0v) is 11.8. The Bertz CT molecular complexity index is 414. The van der Waals surface area contributed by atoms with Crippen LogP contribution in [0.5, 0.6) is 5.75 Å². The third kappa shape index (κ3) is 2.86. The van der Waals surface area contributed by atoms with Crippen molar-refractivity contribution in [3.8, 4) is 5.75 Å². The molecule has 1 aliphatic rings. The highest BCUT2D eigenvalue weighted by Crippen LogP contribution is 2.35. The summed E-state index contributed by atoms with van der Waals surface area (Å²) in [6, 6.07) is 4.84. The van der Waals surface area contributed by atoms with Gasteiger partial charge in [-0.05, 0) is 61.8 Å². The van der Waals surface area contributed by atoms with Crippen molar-refractivity contribution in [3.05, 3.63) is 28.8 Å². The molecule has 1 aromatic carbocycles. The van der Waals surface area contributed by atoms with Gasteiger partial charge in [0.05, 0.1) is 7.11 Å². The van der Waals surface area contributed by atoms with Crippen LogP contribution in [-0.2, 0) is 0 Å². The summed E-state index contributed by atoms with van der Waals surface area (Å²) in [5.41, 5.74) is 10.2. The van der Waals surface area contributed by atoms with Crippen LogP contribution in [0.1, 0.15) is 54.7 Å². The molecule has 2 nitrogen and oxygen atoms in total. The number of methoxy groups -OCH3 is 1. The van der Waals surface area contributed by atoms with E-state index in [9.17, 15) is 0 Å². The van der Waals surface area contributed by atoms with E-state index in [0.717, 1.165) is 12.2 Å². The number of aryl methyl sites for hydroxylation is 2. The zero-order chi connectivity index (χ0) is 13.1. The van der Waals surface area contributed by atoms with Crippen LogP contribution in [0.25, 0.3) is 0 Å². The third-order valence-corrected chi connectivity index (χ3v) is 4.19. The minimum absolute atomic E-state index is 0.374. The van der Waals surface area contributed by atoms with Crippen molar-refractivity contribution in [2.75, 3.05) is 7.11 Å². The van der Waals surface area contributed by atoms with E-state index in [2.05, 4.69) is 26.0 Å². The van der Waals surface area contributed by atoms with Crippen LogP contribution in [0.3, 0.4) is 0 Å². The Kier molecular flexibility index (Phi) is 4.28. The molecule has 0 heterocycles. The van der Waals surface area contributed by atoms with Crippen LogP contribution in [0.15, 0.2) is 12.1 Å². The van der Waals surface area contributed by atoms with Gasteiger partial charge in [0.1, 0.15) is 5.75 Å². The number of hydrogen-bond acceptors (Lipinski definition) is 2. The molecule has 0 spiro atoms. The Morgan fingerprint density at radius 1 is 1.11 bits per heavy atom. The Hall–Kier alpha value is -1.02. The second-order valence-electron chi connectivity index (χ2n) is 5.66. The summed E-state index contributed by atoms with van der Waals surface area (Å²) >= 11 is 0. The van der Waals surface area contributed by atoms with Crippen molar-refractivity contribution in [1.82, 2.24) is 0 Å². The van der Waals surface area contributed by atoms with E-state index in [1.807, 2.05) is 0 Å². The van der Waals surface area contributed by atoms with E-state index in [-0.39, 0.29) is 0 Å². The zero-order valence-electron chi connectivity index (χ0n) is 11.8. The van der Waals surface area contributed by atoms with Crippen LogP contribution >= 0.6 is 0 Å². The van der Waals surface area contributed by atoms with Gasteiger partial charge >= 0.3 is 0 Å². The van der Waals surface area contributed by atoms with Crippen molar-refractivity contribution in [2.24, 2.45) is 5.73 Å². The van der Waals surface area contributed by atoms with Gasteiger partial charge in [0.2, 0.25) is 0 Å². The van der Waals surface area contributed by atoms with Gasteiger partial charge in [-0.25, -0.2) is 0 Å². The molecular weight excluding hydrogens is 222 g/mol. The molecule has 0 aromatic heterocycles. The van der Waals surface area contributed by atoms with Crippen molar-refractivity contribution in [2.45, 2.75) is 57.9 Å². The topological polar surface area (TPSA) is 35.2 Å². The smallest absolute Gasteiger partial charge is 0.122 e. The molecule has 100 valence electrons. The Balaban J connectivity index is 2.29. The fourth-order valence-electron chi connectivity index (χ4n) is 3.15. The number of rotatable bonds is 2. The van der Waals surface area contributed by atoms with Crippen LogP contribution < -0.4 is 10.5 Å². The molecule has 0 radical (unpaired) electrons. The fraction of sp³-hybridized carbons (Fsp3) is 0.625. The lowest BCUT2D eigenvalue weighted by atomic mass is 9.86. The molecule has 2 rings (SSSR count). The fourth-order valence-corrected chi connectivity index (χ4v) is 3.15. The number of hydrogen-bond donors (Lipinski definition) is 1. The minimum atomic E-state index is 0.374. The normalized spacial score (nSPS) is 24.7. The Morgan fingerprint density at radius 2 is 1.83 bits per heavy atom. The van der Waals surface area contributed by atoms with E-state index >= 15 is 0 Å². The molecule has 18 heavy (non-hydrogen) atoms. The first-order valence-corrected chi connectivity index (χ1v) is 7.02. The van der Waals surface area contributed by atoms with Crippen LogP contribution in [0.2, 0.25) is 0 Å². The highest BCUT2D eigenvalue weighted by atomic mass is 16.5.